The number of rotatable bonds is 4. The minimum Gasteiger partial charge on any atom is -0.381 e. The van der Waals surface area contributed by atoms with Crippen LogP contribution in [0.1, 0.15) is 37.3 Å². The molecule has 0 spiro atoms. The van der Waals surface area contributed by atoms with E-state index in [1.54, 1.807) is 6.20 Å². The van der Waals surface area contributed by atoms with Crippen LogP contribution in [0.15, 0.2) is 24.5 Å². The van der Waals surface area contributed by atoms with E-state index in [1.807, 2.05) is 12.3 Å². The number of pyridine rings is 1. The summed E-state index contributed by atoms with van der Waals surface area (Å²) >= 11 is 0. The maximum absolute atomic E-state index is 6.14. The molecule has 88 valence electrons. The fraction of sp³-hybridized carbons (Fsp3) is 0.615. The highest BCUT2D eigenvalue weighted by atomic mass is 16.5. The van der Waals surface area contributed by atoms with Crippen molar-refractivity contribution in [2.75, 3.05) is 13.2 Å². The fourth-order valence-electron chi connectivity index (χ4n) is 2.21. The van der Waals surface area contributed by atoms with E-state index in [9.17, 15) is 0 Å². The van der Waals surface area contributed by atoms with Crippen LogP contribution in [0.5, 0.6) is 0 Å². The summed E-state index contributed by atoms with van der Waals surface area (Å²) in [6.07, 6.45) is 8.30. The minimum atomic E-state index is 0.136. The Labute approximate surface area is 97.0 Å². The maximum atomic E-state index is 6.14. The molecule has 1 aromatic heterocycles. The van der Waals surface area contributed by atoms with Crippen molar-refractivity contribution in [2.45, 2.75) is 31.7 Å². The molecule has 3 heteroatoms. The Morgan fingerprint density at radius 1 is 1.44 bits per heavy atom. The van der Waals surface area contributed by atoms with Crippen LogP contribution in [-0.2, 0) is 4.74 Å². The van der Waals surface area contributed by atoms with E-state index in [2.05, 4.69) is 11.1 Å². The maximum Gasteiger partial charge on any atom is 0.0468 e. The van der Waals surface area contributed by atoms with Crippen LogP contribution in [0.25, 0.3) is 0 Å². The van der Waals surface area contributed by atoms with Crippen molar-refractivity contribution in [3.63, 3.8) is 0 Å². The lowest BCUT2D eigenvalue weighted by atomic mass is 9.91. The summed E-state index contributed by atoms with van der Waals surface area (Å²) in [5.74, 6) is 0.802. The van der Waals surface area contributed by atoms with Gasteiger partial charge in [0.1, 0.15) is 0 Å². The van der Waals surface area contributed by atoms with Crippen molar-refractivity contribution in [1.82, 2.24) is 4.98 Å². The molecule has 1 aliphatic rings. The standard InChI is InChI=1S/C13H20N2O/c14-13(12-2-1-7-15-10-12)4-3-11-5-8-16-9-6-11/h1-2,7,10-11,13H,3-6,8-9,14H2/t13-/m1/s1. The molecule has 1 aromatic rings. The third kappa shape index (κ3) is 3.29. The Balaban J connectivity index is 1.77. The number of hydrogen-bond donors (Lipinski definition) is 1. The van der Waals surface area contributed by atoms with E-state index in [0.717, 1.165) is 31.1 Å². The third-order valence-corrected chi connectivity index (χ3v) is 3.34. The van der Waals surface area contributed by atoms with Gasteiger partial charge >= 0.3 is 0 Å². The fourth-order valence-corrected chi connectivity index (χ4v) is 2.21. The first kappa shape index (κ1) is 11.6. The van der Waals surface area contributed by atoms with E-state index in [-0.39, 0.29) is 6.04 Å². The molecule has 1 aliphatic heterocycles. The molecular formula is C13H20N2O. The molecule has 1 fully saturated rings. The molecule has 1 atom stereocenters. The number of aromatic nitrogens is 1. The first-order valence-electron chi connectivity index (χ1n) is 6.09. The van der Waals surface area contributed by atoms with E-state index in [0.29, 0.717) is 0 Å². The van der Waals surface area contributed by atoms with Crippen molar-refractivity contribution < 1.29 is 4.74 Å². The molecular weight excluding hydrogens is 200 g/mol. The molecule has 0 aliphatic carbocycles. The van der Waals surface area contributed by atoms with Crippen molar-refractivity contribution >= 4 is 0 Å². The Bertz CT molecular complexity index is 296. The van der Waals surface area contributed by atoms with E-state index in [4.69, 9.17) is 10.5 Å². The second-order valence-electron chi connectivity index (χ2n) is 4.53. The molecule has 2 rings (SSSR count). The van der Waals surface area contributed by atoms with E-state index >= 15 is 0 Å². The lowest BCUT2D eigenvalue weighted by Crippen LogP contribution is -2.18. The molecule has 0 radical (unpaired) electrons. The average Bonchev–Trinajstić information content (AvgIpc) is 2.38. The van der Waals surface area contributed by atoms with Gasteiger partial charge in [-0.25, -0.2) is 0 Å². The van der Waals surface area contributed by atoms with Gasteiger partial charge in [-0.3, -0.25) is 4.98 Å². The first-order chi connectivity index (χ1) is 7.86. The van der Waals surface area contributed by atoms with Gasteiger partial charge in [-0.2, -0.15) is 0 Å². The van der Waals surface area contributed by atoms with Crippen molar-refractivity contribution in [3.8, 4) is 0 Å². The molecule has 0 aromatic carbocycles. The summed E-state index contributed by atoms with van der Waals surface area (Å²) < 4.78 is 5.35. The van der Waals surface area contributed by atoms with Crippen LogP contribution in [-0.4, -0.2) is 18.2 Å². The normalized spacial score (nSPS) is 19.6. The minimum absolute atomic E-state index is 0.136. The summed E-state index contributed by atoms with van der Waals surface area (Å²) in [5.41, 5.74) is 7.29. The molecule has 2 heterocycles. The Morgan fingerprint density at radius 2 is 2.25 bits per heavy atom. The van der Waals surface area contributed by atoms with Gasteiger partial charge in [0.2, 0.25) is 0 Å². The number of hydrogen-bond acceptors (Lipinski definition) is 3. The quantitative estimate of drug-likeness (QED) is 0.847. The number of nitrogens with zero attached hydrogens (tertiary/aromatic N) is 1. The second kappa shape index (κ2) is 5.97. The topological polar surface area (TPSA) is 48.1 Å². The average molecular weight is 220 g/mol. The Hall–Kier alpha value is -0.930. The van der Waals surface area contributed by atoms with E-state index < -0.39 is 0 Å². The molecule has 0 unspecified atom stereocenters. The van der Waals surface area contributed by atoms with Crippen molar-refractivity contribution in [1.29, 1.82) is 0 Å². The Morgan fingerprint density at radius 3 is 2.94 bits per heavy atom. The summed E-state index contributed by atoms with van der Waals surface area (Å²) in [5, 5.41) is 0. The van der Waals surface area contributed by atoms with Crippen molar-refractivity contribution in [3.05, 3.63) is 30.1 Å². The summed E-state index contributed by atoms with van der Waals surface area (Å²) in [4.78, 5) is 4.10. The van der Waals surface area contributed by atoms with E-state index in [1.165, 1.54) is 19.3 Å². The molecule has 0 bridgehead atoms. The zero-order valence-electron chi connectivity index (χ0n) is 9.64. The number of ether oxygens (including phenoxy) is 1. The summed E-state index contributed by atoms with van der Waals surface area (Å²) in [7, 11) is 0. The smallest absolute Gasteiger partial charge is 0.0468 e. The predicted octanol–water partition coefficient (Wildman–Crippen LogP) is 2.29. The molecule has 2 N–H and O–H groups in total. The van der Waals surface area contributed by atoms with Crippen LogP contribution in [0, 0.1) is 5.92 Å². The molecule has 0 saturated carbocycles. The van der Waals surface area contributed by atoms with Gasteiger partial charge in [0.05, 0.1) is 0 Å². The molecule has 0 amide bonds. The zero-order valence-corrected chi connectivity index (χ0v) is 9.64. The van der Waals surface area contributed by atoms with Gasteiger partial charge in [0.25, 0.3) is 0 Å². The Kier molecular flexibility index (Phi) is 4.31. The number of nitrogens with two attached hydrogens (primary N) is 1. The van der Waals surface area contributed by atoms with Crippen LogP contribution in [0.3, 0.4) is 0 Å². The van der Waals surface area contributed by atoms with Crippen LogP contribution in [0.4, 0.5) is 0 Å². The lowest BCUT2D eigenvalue weighted by Gasteiger charge is -2.23. The van der Waals surface area contributed by atoms with Gasteiger partial charge in [-0.1, -0.05) is 6.07 Å². The van der Waals surface area contributed by atoms with Gasteiger partial charge in [-0.15, -0.1) is 0 Å². The summed E-state index contributed by atoms with van der Waals surface area (Å²) in [6, 6.07) is 4.14. The van der Waals surface area contributed by atoms with Crippen molar-refractivity contribution in [2.24, 2.45) is 11.7 Å². The lowest BCUT2D eigenvalue weighted by molar-refractivity contribution is 0.0627. The first-order valence-corrected chi connectivity index (χ1v) is 6.09. The van der Waals surface area contributed by atoms with Crippen LogP contribution < -0.4 is 5.73 Å². The predicted molar refractivity (Wildman–Crippen MR) is 63.9 cm³/mol. The van der Waals surface area contributed by atoms with Gasteiger partial charge in [0.15, 0.2) is 0 Å². The molecule has 1 saturated heterocycles. The highest BCUT2D eigenvalue weighted by molar-refractivity contribution is 5.12. The SMILES string of the molecule is N[C@H](CCC1CCOCC1)c1cccnc1. The highest BCUT2D eigenvalue weighted by Crippen LogP contribution is 2.24. The third-order valence-electron chi connectivity index (χ3n) is 3.34. The largest absolute Gasteiger partial charge is 0.381 e. The van der Waals surface area contributed by atoms with Gasteiger partial charge in [-0.05, 0) is 43.2 Å². The zero-order chi connectivity index (χ0) is 11.2. The second-order valence-corrected chi connectivity index (χ2v) is 4.53. The monoisotopic (exact) mass is 220 g/mol. The van der Waals surface area contributed by atoms with Gasteiger partial charge in [0, 0.05) is 31.6 Å². The van der Waals surface area contributed by atoms with Gasteiger partial charge < -0.3 is 10.5 Å². The molecule has 16 heavy (non-hydrogen) atoms. The van der Waals surface area contributed by atoms with Crippen LogP contribution in [0.2, 0.25) is 0 Å². The molecule has 3 nitrogen and oxygen atoms in total. The van der Waals surface area contributed by atoms with Crippen LogP contribution >= 0.6 is 0 Å². The highest BCUT2D eigenvalue weighted by Gasteiger charge is 2.15. The summed E-state index contributed by atoms with van der Waals surface area (Å²) in [6.45, 7) is 1.85.